The summed E-state index contributed by atoms with van der Waals surface area (Å²) in [6, 6.07) is 0. The standard InChI is InChI=1S/C15H26N2O/c1-9(2)11-8-15(4)10(3)6-5-7-12(15)14(17-18)13(11)16/h9-12,16,18H,5-8H2,1-4H3. The van der Waals surface area contributed by atoms with Gasteiger partial charge in [-0.3, -0.25) is 0 Å². The summed E-state index contributed by atoms with van der Waals surface area (Å²) < 4.78 is 0. The maximum absolute atomic E-state index is 9.35. The van der Waals surface area contributed by atoms with Gasteiger partial charge in [-0.1, -0.05) is 45.7 Å². The van der Waals surface area contributed by atoms with Gasteiger partial charge >= 0.3 is 0 Å². The van der Waals surface area contributed by atoms with Gasteiger partial charge in [0.2, 0.25) is 0 Å². The van der Waals surface area contributed by atoms with Gasteiger partial charge in [-0.2, -0.15) is 0 Å². The molecule has 18 heavy (non-hydrogen) atoms. The van der Waals surface area contributed by atoms with Gasteiger partial charge in [-0.05, 0) is 30.1 Å². The second-order valence-corrected chi connectivity index (χ2v) is 6.84. The van der Waals surface area contributed by atoms with E-state index in [1.807, 2.05) is 0 Å². The molecule has 3 heteroatoms. The van der Waals surface area contributed by atoms with Gasteiger partial charge < -0.3 is 10.6 Å². The van der Waals surface area contributed by atoms with Gasteiger partial charge in [0, 0.05) is 11.8 Å². The Balaban J connectivity index is 2.41. The van der Waals surface area contributed by atoms with Gasteiger partial charge in [0.1, 0.15) is 5.71 Å². The quantitative estimate of drug-likeness (QED) is 0.537. The molecule has 0 spiro atoms. The van der Waals surface area contributed by atoms with E-state index in [9.17, 15) is 5.21 Å². The number of fused-ring (bicyclic) bond motifs is 1. The third kappa shape index (κ3) is 1.88. The first-order valence-electron chi connectivity index (χ1n) is 7.22. The number of oxime groups is 1. The molecule has 0 aliphatic heterocycles. The summed E-state index contributed by atoms with van der Waals surface area (Å²) in [7, 11) is 0. The Bertz CT molecular complexity index is 375. The Morgan fingerprint density at radius 3 is 2.61 bits per heavy atom. The van der Waals surface area contributed by atoms with Crippen molar-refractivity contribution in [2.75, 3.05) is 0 Å². The third-order valence-electron chi connectivity index (χ3n) is 5.60. The molecule has 0 aromatic rings. The molecular weight excluding hydrogens is 224 g/mol. The highest BCUT2D eigenvalue weighted by Gasteiger charge is 2.51. The lowest BCUT2D eigenvalue weighted by Gasteiger charge is -2.52. The van der Waals surface area contributed by atoms with Gasteiger partial charge in [-0.25, -0.2) is 0 Å². The van der Waals surface area contributed by atoms with Crippen LogP contribution in [0.25, 0.3) is 0 Å². The highest BCUT2D eigenvalue weighted by molar-refractivity contribution is 6.43. The van der Waals surface area contributed by atoms with Crippen molar-refractivity contribution in [3.05, 3.63) is 0 Å². The zero-order valence-electron chi connectivity index (χ0n) is 12.0. The monoisotopic (exact) mass is 250 g/mol. The average Bonchev–Trinajstić information content (AvgIpc) is 2.31. The molecular formula is C15H26N2O. The fourth-order valence-corrected chi connectivity index (χ4v) is 4.07. The molecule has 2 rings (SSSR count). The molecule has 0 saturated heterocycles. The van der Waals surface area contributed by atoms with Crippen LogP contribution in [0.4, 0.5) is 0 Å². The lowest BCUT2D eigenvalue weighted by atomic mass is 9.52. The number of rotatable bonds is 1. The predicted octanol–water partition coefficient (Wildman–Crippen LogP) is 3.95. The summed E-state index contributed by atoms with van der Waals surface area (Å²) >= 11 is 0. The van der Waals surface area contributed by atoms with Gasteiger partial charge in [0.25, 0.3) is 0 Å². The van der Waals surface area contributed by atoms with Gasteiger partial charge in [0.15, 0.2) is 0 Å². The smallest absolute Gasteiger partial charge is 0.104 e. The maximum atomic E-state index is 9.35. The summed E-state index contributed by atoms with van der Waals surface area (Å²) in [4.78, 5) is 0. The molecule has 2 aliphatic rings. The van der Waals surface area contributed by atoms with Gasteiger partial charge in [0.05, 0.1) is 5.71 Å². The lowest BCUT2D eigenvalue weighted by molar-refractivity contribution is 0.0547. The first kappa shape index (κ1) is 13.6. The topological polar surface area (TPSA) is 56.4 Å². The van der Waals surface area contributed by atoms with Crippen LogP contribution in [0.2, 0.25) is 0 Å². The third-order valence-corrected chi connectivity index (χ3v) is 5.60. The van der Waals surface area contributed by atoms with Crippen molar-refractivity contribution in [2.45, 2.75) is 53.4 Å². The van der Waals surface area contributed by atoms with Crippen molar-refractivity contribution in [2.24, 2.45) is 34.2 Å². The minimum atomic E-state index is 0.208. The normalized spacial score (nSPS) is 43.3. The molecule has 4 atom stereocenters. The van der Waals surface area contributed by atoms with E-state index in [4.69, 9.17) is 5.41 Å². The summed E-state index contributed by atoms with van der Waals surface area (Å²) in [5.41, 5.74) is 1.47. The minimum absolute atomic E-state index is 0.208. The molecule has 4 unspecified atom stereocenters. The molecule has 2 N–H and O–H groups in total. The Hall–Kier alpha value is -0.860. The second kappa shape index (κ2) is 4.67. The molecule has 0 bridgehead atoms. The molecule has 2 saturated carbocycles. The van der Waals surface area contributed by atoms with Crippen molar-refractivity contribution in [1.82, 2.24) is 0 Å². The lowest BCUT2D eigenvalue weighted by Crippen LogP contribution is -2.52. The molecule has 3 nitrogen and oxygen atoms in total. The van der Waals surface area contributed by atoms with E-state index in [2.05, 4.69) is 32.9 Å². The molecule has 0 amide bonds. The van der Waals surface area contributed by atoms with Crippen LogP contribution in [0.1, 0.15) is 53.4 Å². The highest BCUT2D eigenvalue weighted by atomic mass is 16.4. The van der Waals surface area contributed by atoms with Crippen LogP contribution in [-0.4, -0.2) is 16.6 Å². The SMILES string of the molecule is CC(C)C1CC2(C)C(C)CCCC2C(=NO)C1=N. The van der Waals surface area contributed by atoms with Crippen molar-refractivity contribution in [1.29, 1.82) is 5.41 Å². The fourth-order valence-electron chi connectivity index (χ4n) is 4.07. The zero-order valence-corrected chi connectivity index (χ0v) is 12.0. The first-order chi connectivity index (χ1) is 8.41. The van der Waals surface area contributed by atoms with Crippen molar-refractivity contribution in [3.8, 4) is 0 Å². The largest absolute Gasteiger partial charge is 0.411 e. The second-order valence-electron chi connectivity index (χ2n) is 6.84. The Kier molecular flexibility index (Phi) is 3.52. The highest BCUT2D eigenvalue weighted by Crippen LogP contribution is 2.53. The number of nitrogens with one attached hydrogen (secondary N) is 1. The number of hydrogen-bond acceptors (Lipinski definition) is 3. The summed E-state index contributed by atoms with van der Waals surface area (Å²) in [5, 5.41) is 21.2. The molecule has 102 valence electrons. The molecule has 0 heterocycles. The summed E-state index contributed by atoms with van der Waals surface area (Å²) in [6.07, 6.45) is 4.62. The van der Waals surface area contributed by atoms with Crippen LogP contribution in [0.15, 0.2) is 5.16 Å². The van der Waals surface area contributed by atoms with E-state index < -0.39 is 0 Å². The van der Waals surface area contributed by atoms with E-state index >= 15 is 0 Å². The summed E-state index contributed by atoms with van der Waals surface area (Å²) in [6.45, 7) is 9.01. The summed E-state index contributed by atoms with van der Waals surface area (Å²) in [5.74, 6) is 1.63. The first-order valence-corrected chi connectivity index (χ1v) is 7.22. The van der Waals surface area contributed by atoms with Gasteiger partial charge in [-0.15, -0.1) is 0 Å². The van der Waals surface area contributed by atoms with Crippen LogP contribution in [0.5, 0.6) is 0 Å². The van der Waals surface area contributed by atoms with Crippen LogP contribution in [-0.2, 0) is 0 Å². The van der Waals surface area contributed by atoms with Crippen molar-refractivity contribution in [3.63, 3.8) is 0 Å². The van der Waals surface area contributed by atoms with E-state index in [0.29, 0.717) is 23.3 Å². The average molecular weight is 250 g/mol. The Labute approximate surface area is 110 Å². The molecule has 0 radical (unpaired) electrons. The fraction of sp³-hybridized carbons (Fsp3) is 0.867. The Morgan fingerprint density at radius 2 is 2.06 bits per heavy atom. The molecule has 0 aromatic heterocycles. The van der Waals surface area contributed by atoms with E-state index in [1.54, 1.807) is 0 Å². The van der Waals surface area contributed by atoms with E-state index in [1.165, 1.54) is 12.8 Å². The molecule has 2 fully saturated rings. The molecule has 0 aromatic carbocycles. The minimum Gasteiger partial charge on any atom is -0.411 e. The van der Waals surface area contributed by atoms with E-state index in [-0.39, 0.29) is 17.3 Å². The zero-order chi connectivity index (χ0) is 13.5. The predicted molar refractivity (Wildman–Crippen MR) is 74.5 cm³/mol. The van der Waals surface area contributed by atoms with Crippen LogP contribution >= 0.6 is 0 Å². The molecule has 2 aliphatic carbocycles. The van der Waals surface area contributed by atoms with Crippen LogP contribution in [0, 0.1) is 34.5 Å². The van der Waals surface area contributed by atoms with Crippen molar-refractivity contribution >= 4 is 11.4 Å². The van der Waals surface area contributed by atoms with E-state index in [0.717, 1.165) is 12.8 Å². The van der Waals surface area contributed by atoms with Crippen LogP contribution < -0.4 is 0 Å². The number of nitrogens with zero attached hydrogens (tertiary/aromatic N) is 1. The maximum Gasteiger partial charge on any atom is 0.104 e. The number of hydrogen-bond donors (Lipinski definition) is 2. The van der Waals surface area contributed by atoms with Crippen molar-refractivity contribution < 1.29 is 5.21 Å². The Morgan fingerprint density at radius 1 is 1.39 bits per heavy atom. The van der Waals surface area contributed by atoms with Crippen LogP contribution in [0.3, 0.4) is 0 Å².